The fraction of sp³-hybridized carbons (Fsp3) is 0.350. The summed E-state index contributed by atoms with van der Waals surface area (Å²) in [5.41, 5.74) is -1.03. The van der Waals surface area contributed by atoms with E-state index in [9.17, 15) is 28.3 Å². The van der Waals surface area contributed by atoms with Crippen LogP contribution in [0.3, 0.4) is 0 Å². The van der Waals surface area contributed by atoms with Crippen molar-refractivity contribution in [1.82, 2.24) is 14.9 Å². The van der Waals surface area contributed by atoms with Crippen molar-refractivity contribution in [3.05, 3.63) is 62.6 Å². The predicted molar refractivity (Wildman–Crippen MR) is 103 cm³/mol. The summed E-state index contributed by atoms with van der Waals surface area (Å²) in [6.07, 6.45) is 0.00751. The second-order valence-corrected chi connectivity index (χ2v) is 7.21. The number of carbonyl (C=O) groups is 2. The molecule has 158 valence electrons. The van der Waals surface area contributed by atoms with Gasteiger partial charge in [-0.2, -0.15) is 0 Å². The number of nitrogens with one attached hydrogen (secondary N) is 1. The molecule has 0 spiro atoms. The Balaban J connectivity index is 1.73. The van der Waals surface area contributed by atoms with Gasteiger partial charge in [-0.1, -0.05) is 6.07 Å². The van der Waals surface area contributed by atoms with E-state index in [1.165, 1.54) is 15.6 Å². The third-order valence-corrected chi connectivity index (χ3v) is 5.63. The van der Waals surface area contributed by atoms with Crippen molar-refractivity contribution >= 4 is 11.8 Å². The third kappa shape index (κ3) is 2.82. The van der Waals surface area contributed by atoms with E-state index in [1.807, 2.05) is 11.9 Å². The van der Waals surface area contributed by atoms with Gasteiger partial charge in [-0.05, 0) is 19.9 Å². The van der Waals surface area contributed by atoms with Crippen molar-refractivity contribution in [3.8, 4) is 5.75 Å². The molecule has 2 aliphatic heterocycles. The van der Waals surface area contributed by atoms with Crippen molar-refractivity contribution in [3.63, 3.8) is 0 Å². The standard InChI is InChI=1S/C20H20F2N4O4/c1-3-24-10(2)25-7-6-14-15(17(27)18(28)16(20(24)30)26(14)25)19(29)23-9-11-4-5-12(21)8-13(11)22/h4-5,8,10,28H,3,6-7,9H2,1-2H3,(H,23,29). The van der Waals surface area contributed by atoms with E-state index in [0.717, 1.165) is 6.07 Å². The van der Waals surface area contributed by atoms with Crippen LogP contribution < -0.4 is 15.8 Å². The van der Waals surface area contributed by atoms with E-state index in [2.05, 4.69) is 5.32 Å². The molecule has 4 rings (SSSR count). The molecule has 1 unspecified atom stereocenters. The van der Waals surface area contributed by atoms with Crippen molar-refractivity contribution in [2.45, 2.75) is 33.0 Å². The lowest BCUT2D eigenvalue weighted by Crippen LogP contribution is -2.58. The molecule has 2 amide bonds. The lowest BCUT2D eigenvalue weighted by molar-refractivity contribution is 0.0611. The van der Waals surface area contributed by atoms with Crippen LogP contribution in [-0.2, 0) is 13.0 Å². The molecule has 2 N–H and O–H groups in total. The minimum absolute atomic E-state index is 0.0486. The van der Waals surface area contributed by atoms with Gasteiger partial charge in [0.25, 0.3) is 11.8 Å². The molecule has 2 aliphatic rings. The second-order valence-electron chi connectivity index (χ2n) is 7.21. The molecule has 0 fully saturated rings. The van der Waals surface area contributed by atoms with Crippen LogP contribution in [0.15, 0.2) is 23.0 Å². The third-order valence-electron chi connectivity index (χ3n) is 5.63. The fourth-order valence-electron chi connectivity index (χ4n) is 4.12. The summed E-state index contributed by atoms with van der Waals surface area (Å²) in [6.45, 7) is 4.20. The van der Waals surface area contributed by atoms with E-state index in [1.54, 1.807) is 6.92 Å². The number of benzene rings is 1. The van der Waals surface area contributed by atoms with Crippen LogP contribution in [0.1, 0.15) is 46.0 Å². The van der Waals surface area contributed by atoms with Crippen LogP contribution in [-0.4, -0.2) is 45.8 Å². The molecule has 0 bridgehead atoms. The van der Waals surface area contributed by atoms with Crippen LogP contribution in [0, 0.1) is 11.6 Å². The summed E-state index contributed by atoms with van der Waals surface area (Å²) < 4.78 is 28.3. The van der Waals surface area contributed by atoms with Crippen molar-refractivity contribution in [2.24, 2.45) is 0 Å². The molecule has 0 radical (unpaired) electrons. The number of pyridine rings is 1. The highest BCUT2D eigenvalue weighted by Gasteiger charge is 2.43. The Morgan fingerprint density at radius 2 is 2.03 bits per heavy atom. The average molecular weight is 418 g/mol. The average Bonchev–Trinajstić information content (AvgIpc) is 3.12. The number of carbonyl (C=O) groups excluding carboxylic acids is 2. The van der Waals surface area contributed by atoms with E-state index < -0.39 is 34.6 Å². The normalized spacial score (nSPS) is 17.3. The summed E-state index contributed by atoms with van der Waals surface area (Å²) in [4.78, 5) is 39.9. The maximum absolute atomic E-state index is 13.8. The molecule has 0 aliphatic carbocycles. The van der Waals surface area contributed by atoms with Gasteiger partial charge in [-0.3, -0.25) is 24.1 Å². The lowest BCUT2D eigenvalue weighted by Gasteiger charge is -2.42. The van der Waals surface area contributed by atoms with E-state index >= 15 is 0 Å². The largest absolute Gasteiger partial charge is 0.502 e. The van der Waals surface area contributed by atoms with Gasteiger partial charge in [0, 0.05) is 37.7 Å². The number of aromatic hydroxyl groups is 1. The first-order valence-electron chi connectivity index (χ1n) is 9.57. The van der Waals surface area contributed by atoms with Crippen molar-refractivity contribution in [1.29, 1.82) is 0 Å². The van der Waals surface area contributed by atoms with Gasteiger partial charge in [0.15, 0.2) is 11.4 Å². The number of nitrogens with zero attached hydrogens (tertiary/aromatic N) is 3. The topological polar surface area (TPSA) is 94.9 Å². The van der Waals surface area contributed by atoms with E-state index in [4.69, 9.17) is 0 Å². The predicted octanol–water partition coefficient (Wildman–Crippen LogP) is 1.08. The monoisotopic (exact) mass is 418 g/mol. The van der Waals surface area contributed by atoms with Gasteiger partial charge < -0.3 is 15.3 Å². The van der Waals surface area contributed by atoms with E-state index in [-0.39, 0.29) is 29.5 Å². The van der Waals surface area contributed by atoms with Crippen LogP contribution in [0.4, 0.5) is 8.78 Å². The van der Waals surface area contributed by atoms with Crippen molar-refractivity contribution in [2.75, 3.05) is 18.1 Å². The van der Waals surface area contributed by atoms with Crippen LogP contribution in [0.5, 0.6) is 5.75 Å². The van der Waals surface area contributed by atoms with E-state index in [0.29, 0.717) is 31.3 Å². The minimum Gasteiger partial charge on any atom is -0.502 e. The second kappa shape index (κ2) is 7.12. The number of halogens is 2. The highest BCUT2D eigenvalue weighted by Crippen LogP contribution is 2.30. The van der Waals surface area contributed by atoms with Gasteiger partial charge in [0.05, 0.1) is 5.69 Å². The Kier molecular flexibility index (Phi) is 4.71. The first-order chi connectivity index (χ1) is 14.3. The van der Waals surface area contributed by atoms with Gasteiger partial charge in [-0.25, -0.2) is 8.78 Å². The summed E-state index contributed by atoms with van der Waals surface area (Å²) in [7, 11) is 0. The van der Waals surface area contributed by atoms with Gasteiger partial charge >= 0.3 is 0 Å². The van der Waals surface area contributed by atoms with Crippen molar-refractivity contribution < 1.29 is 23.5 Å². The number of rotatable bonds is 4. The van der Waals surface area contributed by atoms with Crippen LogP contribution in [0.2, 0.25) is 0 Å². The fourth-order valence-corrected chi connectivity index (χ4v) is 4.12. The molecular weight excluding hydrogens is 398 g/mol. The number of hydrogen-bond donors (Lipinski definition) is 2. The van der Waals surface area contributed by atoms with Crippen LogP contribution in [0.25, 0.3) is 0 Å². The number of aromatic nitrogens is 1. The zero-order valence-electron chi connectivity index (χ0n) is 16.4. The summed E-state index contributed by atoms with van der Waals surface area (Å²) in [5, 5.41) is 14.7. The molecule has 1 aromatic heterocycles. The highest BCUT2D eigenvalue weighted by atomic mass is 19.1. The Hall–Kier alpha value is -3.43. The molecule has 1 atom stereocenters. The Morgan fingerprint density at radius 3 is 2.70 bits per heavy atom. The molecule has 2 aromatic rings. The molecule has 10 heteroatoms. The maximum Gasteiger partial charge on any atom is 0.278 e. The summed E-state index contributed by atoms with van der Waals surface area (Å²) in [6, 6.07) is 2.96. The van der Waals surface area contributed by atoms with Crippen LogP contribution >= 0.6 is 0 Å². The first-order valence-corrected chi connectivity index (χ1v) is 9.57. The quantitative estimate of drug-likeness (QED) is 0.775. The molecule has 3 heterocycles. The lowest BCUT2D eigenvalue weighted by atomic mass is 10.1. The highest BCUT2D eigenvalue weighted by molar-refractivity contribution is 6.00. The zero-order chi connectivity index (χ0) is 21.7. The maximum atomic E-state index is 13.8. The number of amides is 2. The Bertz CT molecular complexity index is 1130. The molecule has 0 saturated carbocycles. The Morgan fingerprint density at radius 1 is 1.30 bits per heavy atom. The SMILES string of the molecule is CCN1C(=O)c2c(O)c(=O)c(C(=O)NCc3ccc(F)cc3F)c3n2N(CC3)C1C. The summed E-state index contributed by atoms with van der Waals surface area (Å²) >= 11 is 0. The number of hydrogen-bond acceptors (Lipinski definition) is 5. The summed E-state index contributed by atoms with van der Waals surface area (Å²) in [5.74, 6) is -3.65. The molecule has 8 nitrogen and oxygen atoms in total. The Labute approximate surface area is 170 Å². The van der Waals surface area contributed by atoms with Gasteiger partial charge in [-0.15, -0.1) is 0 Å². The molecule has 0 saturated heterocycles. The molecule has 30 heavy (non-hydrogen) atoms. The molecular formula is C20H20F2N4O4. The zero-order valence-corrected chi connectivity index (χ0v) is 16.4. The molecule has 1 aromatic carbocycles. The van der Waals surface area contributed by atoms with Gasteiger partial charge in [0.2, 0.25) is 5.43 Å². The first kappa shape index (κ1) is 19.9. The minimum atomic E-state index is -0.950. The smallest absolute Gasteiger partial charge is 0.278 e. The van der Waals surface area contributed by atoms with Gasteiger partial charge in [0.1, 0.15) is 23.4 Å².